The fourth-order valence-corrected chi connectivity index (χ4v) is 4.00. The molecule has 2 heterocycles. The highest BCUT2D eigenvalue weighted by molar-refractivity contribution is 5.76. The first kappa shape index (κ1) is 17.4. The van der Waals surface area contributed by atoms with Crippen LogP contribution in [0.1, 0.15) is 50.5 Å². The lowest BCUT2D eigenvalue weighted by atomic mass is 9.89. The van der Waals surface area contributed by atoms with E-state index in [4.69, 9.17) is 0 Å². The van der Waals surface area contributed by atoms with E-state index >= 15 is 0 Å². The van der Waals surface area contributed by atoms with Crippen molar-refractivity contribution in [2.75, 3.05) is 13.1 Å². The van der Waals surface area contributed by atoms with E-state index in [0.717, 1.165) is 57.2 Å². The molecule has 5 heteroatoms. The Morgan fingerprint density at radius 3 is 2.75 bits per heavy atom. The summed E-state index contributed by atoms with van der Waals surface area (Å²) >= 11 is 0. The number of carbonyl (C=O) groups excluding carboxylic acids is 1. The SMILES string of the molecule is O=C(CCc1cccnc1)NC1CCN(C2CCCCC2O)CC1. The molecule has 5 nitrogen and oxygen atoms in total. The molecule has 0 aromatic carbocycles. The first-order valence-corrected chi connectivity index (χ1v) is 9.33. The van der Waals surface area contributed by atoms with Gasteiger partial charge in [0.1, 0.15) is 0 Å². The summed E-state index contributed by atoms with van der Waals surface area (Å²) in [5, 5.41) is 13.4. The maximum absolute atomic E-state index is 12.1. The van der Waals surface area contributed by atoms with Crippen molar-refractivity contribution in [2.45, 2.75) is 69.6 Å². The molecule has 24 heavy (non-hydrogen) atoms. The zero-order chi connectivity index (χ0) is 16.8. The third kappa shape index (κ3) is 4.77. The molecule has 1 saturated heterocycles. The molecule has 0 bridgehead atoms. The lowest BCUT2D eigenvalue weighted by Gasteiger charge is -2.41. The maximum atomic E-state index is 12.1. The fraction of sp³-hybridized carbons (Fsp3) is 0.684. The lowest BCUT2D eigenvalue weighted by molar-refractivity contribution is -0.122. The van der Waals surface area contributed by atoms with Gasteiger partial charge in [-0.3, -0.25) is 14.7 Å². The van der Waals surface area contributed by atoms with Gasteiger partial charge in [-0.25, -0.2) is 0 Å². The van der Waals surface area contributed by atoms with Crippen molar-refractivity contribution in [1.29, 1.82) is 0 Å². The number of hydrogen-bond acceptors (Lipinski definition) is 4. The molecule has 1 aromatic heterocycles. The van der Waals surface area contributed by atoms with Crippen LogP contribution in [0, 0.1) is 0 Å². The van der Waals surface area contributed by atoms with Crippen LogP contribution in [-0.4, -0.2) is 52.2 Å². The maximum Gasteiger partial charge on any atom is 0.220 e. The zero-order valence-corrected chi connectivity index (χ0v) is 14.4. The largest absolute Gasteiger partial charge is 0.391 e. The number of carbonyl (C=O) groups is 1. The van der Waals surface area contributed by atoms with Crippen molar-refractivity contribution < 1.29 is 9.90 Å². The molecule has 1 saturated carbocycles. The summed E-state index contributed by atoms with van der Waals surface area (Å²) in [4.78, 5) is 18.6. The Labute approximate surface area is 144 Å². The Kier molecular flexibility index (Phi) is 6.21. The minimum absolute atomic E-state index is 0.134. The number of rotatable bonds is 5. The van der Waals surface area contributed by atoms with Gasteiger partial charge in [0.15, 0.2) is 0 Å². The topological polar surface area (TPSA) is 65.5 Å². The molecular formula is C19H29N3O2. The average molecular weight is 331 g/mol. The fourth-order valence-electron chi connectivity index (χ4n) is 4.00. The number of aryl methyl sites for hydroxylation is 1. The van der Waals surface area contributed by atoms with E-state index in [-0.39, 0.29) is 18.1 Å². The predicted octanol–water partition coefficient (Wildman–Crippen LogP) is 1.90. The first-order chi connectivity index (χ1) is 11.7. The number of piperidine rings is 1. The van der Waals surface area contributed by atoms with Gasteiger partial charge in [-0.15, -0.1) is 0 Å². The summed E-state index contributed by atoms with van der Waals surface area (Å²) in [6.07, 6.45) is 11.1. The van der Waals surface area contributed by atoms with Gasteiger partial charge in [0.25, 0.3) is 0 Å². The van der Waals surface area contributed by atoms with Gasteiger partial charge in [-0.2, -0.15) is 0 Å². The van der Waals surface area contributed by atoms with E-state index in [9.17, 15) is 9.90 Å². The van der Waals surface area contributed by atoms with E-state index < -0.39 is 0 Å². The molecule has 1 amide bonds. The predicted molar refractivity (Wildman–Crippen MR) is 93.6 cm³/mol. The average Bonchev–Trinajstić information content (AvgIpc) is 2.62. The van der Waals surface area contributed by atoms with E-state index in [1.54, 1.807) is 6.20 Å². The Hall–Kier alpha value is -1.46. The number of nitrogens with zero attached hydrogens (tertiary/aromatic N) is 2. The molecule has 1 aliphatic heterocycles. The Balaban J connectivity index is 1.38. The third-order valence-corrected chi connectivity index (χ3v) is 5.42. The van der Waals surface area contributed by atoms with Crippen LogP contribution in [0.15, 0.2) is 24.5 Å². The second-order valence-electron chi connectivity index (χ2n) is 7.16. The molecule has 2 fully saturated rings. The van der Waals surface area contributed by atoms with Crippen molar-refractivity contribution in [2.24, 2.45) is 0 Å². The van der Waals surface area contributed by atoms with Crippen LogP contribution >= 0.6 is 0 Å². The van der Waals surface area contributed by atoms with E-state index in [1.807, 2.05) is 18.3 Å². The Bertz CT molecular complexity index is 515. The Morgan fingerprint density at radius 2 is 2.04 bits per heavy atom. The quantitative estimate of drug-likeness (QED) is 0.865. The van der Waals surface area contributed by atoms with Gasteiger partial charge in [0.2, 0.25) is 5.91 Å². The molecule has 1 aromatic rings. The molecule has 0 spiro atoms. The van der Waals surface area contributed by atoms with Gasteiger partial charge in [0, 0.05) is 44.0 Å². The van der Waals surface area contributed by atoms with Crippen molar-refractivity contribution in [1.82, 2.24) is 15.2 Å². The molecule has 0 radical (unpaired) electrons. The standard InChI is InChI=1S/C19H29N3O2/c23-18-6-2-1-5-17(18)22-12-9-16(10-13-22)21-19(24)8-7-15-4-3-11-20-14-15/h3-4,11,14,16-18,23H,1-2,5-10,12-13H2,(H,21,24). The highest BCUT2D eigenvalue weighted by Gasteiger charge is 2.31. The van der Waals surface area contributed by atoms with Crippen LogP contribution in [0.5, 0.6) is 0 Å². The minimum atomic E-state index is -0.163. The highest BCUT2D eigenvalue weighted by Crippen LogP contribution is 2.25. The van der Waals surface area contributed by atoms with Crippen molar-refractivity contribution in [3.05, 3.63) is 30.1 Å². The van der Waals surface area contributed by atoms with E-state index in [0.29, 0.717) is 12.5 Å². The van der Waals surface area contributed by atoms with Gasteiger partial charge >= 0.3 is 0 Å². The van der Waals surface area contributed by atoms with E-state index in [1.165, 1.54) is 6.42 Å². The van der Waals surface area contributed by atoms with E-state index in [2.05, 4.69) is 15.2 Å². The second kappa shape index (κ2) is 8.58. The van der Waals surface area contributed by atoms with Crippen molar-refractivity contribution in [3.63, 3.8) is 0 Å². The number of aromatic nitrogens is 1. The molecule has 2 unspecified atom stereocenters. The number of pyridine rings is 1. The normalized spacial score (nSPS) is 26.2. The molecule has 2 atom stereocenters. The summed E-state index contributed by atoms with van der Waals surface area (Å²) in [5.41, 5.74) is 1.11. The van der Waals surface area contributed by atoms with Crippen LogP contribution < -0.4 is 5.32 Å². The summed E-state index contributed by atoms with van der Waals surface area (Å²) in [6, 6.07) is 4.53. The minimum Gasteiger partial charge on any atom is -0.391 e. The van der Waals surface area contributed by atoms with Crippen molar-refractivity contribution >= 4 is 5.91 Å². The van der Waals surface area contributed by atoms with Gasteiger partial charge < -0.3 is 10.4 Å². The number of amides is 1. The van der Waals surface area contributed by atoms with Crippen LogP contribution in [0.2, 0.25) is 0 Å². The number of aliphatic hydroxyl groups is 1. The van der Waals surface area contributed by atoms with Crippen LogP contribution in [0.25, 0.3) is 0 Å². The molecule has 3 rings (SSSR count). The van der Waals surface area contributed by atoms with Gasteiger partial charge in [-0.05, 0) is 43.7 Å². The summed E-state index contributed by atoms with van der Waals surface area (Å²) in [6.45, 7) is 1.96. The number of nitrogens with one attached hydrogen (secondary N) is 1. The van der Waals surface area contributed by atoms with Gasteiger partial charge in [0.05, 0.1) is 6.10 Å². The number of hydrogen-bond donors (Lipinski definition) is 2. The van der Waals surface area contributed by atoms with Crippen LogP contribution in [0.4, 0.5) is 0 Å². The molecule has 2 N–H and O–H groups in total. The van der Waals surface area contributed by atoms with Crippen molar-refractivity contribution in [3.8, 4) is 0 Å². The van der Waals surface area contributed by atoms with Crippen LogP contribution in [-0.2, 0) is 11.2 Å². The smallest absolute Gasteiger partial charge is 0.220 e. The number of likely N-dealkylation sites (tertiary alicyclic amines) is 1. The first-order valence-electron chi connectivity index (χ1n) is 9.33. The molecular weight excluding hydrogens is 302 g/mol. The lowest BCUT2D eigenvalue weighted by Crippen LogP contribution is -2.52. The third-order valence-electron chi connectivity index (χ3n) is 5.42. The number of aliphatic hydroxyl groups excluding tert-OH is 1. The monoisotopic (exact) mass is 331 g/mol. The zero-order valence-electron chi connectivity index (χ0n) is 14.4. The Morgan fingerprint density at radius 1 is 1.25 bits per heavy atom. The molecule has 2 aliphatic rings. The molecule has 1 aliphatic carbocycles. The van der Waals surface area contributed by atoms with Crippen LogP contribution in [0.3, 0.4) is 0 Å². The second-order valence-corrected chi connectivity index (χ2v) is 7.16. The summed E-state index contributed by atoms with van der Waals surface area (Å²) < 4.78 is 0. The summed E-state index contributed by atoms with van der Waals surface area (Å²) in [5.74, 6) is 0.134. The summed E-state index contributed by atoms with van der Waals surface area (Å²) in [7, 11) is 0. The highest BCUT2D eigenvalue weighted by atomic mass is 16.3. The van der Waals surface area contributed by atoms with Gasteiger partial charge in [-0.1, -0.05) is 18.9 Å². The molecule has 132 valence electrons.